The van der Waals surface area contributed by atoms with Crippen LogP contribution in [0.5, 0.6) is 11.5 Å². The maximum absolute atomic E-state index is 13.9. The fourth-order valence-electron chi connectivity index (χ4n) is 6.69. The second-order valence-electron chi connectivity index (χ2n) is 10.5. The molecule has 1 aliphatic heterocycles. The topological polar surface area (TPSA) is 101 Å². The van der Waals surface area contributed by atoms with Gasteiger partial charge in [-0.1, -0.05) is 57.9 Å². The van der Waals surface area contributed by atoms with E-state index in [0.29, 0.717) is 33.2 Å². The number of carbonyl (C=O) groups is 4. The van der Waals surface area contributed by atoms with Gasteiger partial charge in [0.2, 0.25) is 11.8 Å². The van der Waals surface area contributed by atoms with Crippen LogP contribution >= 0.6 is 15.9 Å². The number of fused-ring (bicyclic) bond motifs is 3. The van der Waals surface area contributed by atoms with Crippen molar-refractivity contribution < 1.29 is 29.0 Å². The van der Waals surface area contributed by atoms with Crippen LogP contribution in [-0.2, 0) is 25.7 Å². The van der Waals surface area contributed by atoms with Gasteiger partial charge in [-0.2, -0.15) is 0 Å². The lowest BCUT2D eigenvalue weighted by molar-refractivity contribution is -0.140. The monoisotopic (exact) mass is 587 g/mol. The van der Waals surface area contributed by atoms with Gasteiger partial charge >= 0.3 is 0 Å². The molecule has 1 fully saturated rings. The summed E-state index contributed by atoms with van der Waals surface area (Å²) in [7, 11) is 1.44. The number of rotatable bonds is 4. The van der Waals surface area contributed by atoms with Gasteiger partial charge in [0.25, 0.3) is 0 Å². The molecule has 1 N–H and O–H groups in total. The van der Waals surface area contributed by atoms with E-state index < -0.39 is 23.7 Å². The van der Waals surface area contributed by atoms with Gasteiger partial charge in [0.1, 0.15) is 0 Å². The summed E-state index contributed by atoms with van der Waals surface area (Å²) in [6.45, 7) is 1.80. The number of likely N-dealkylation sites (tertiary alicyclic amines) is 1. The second kappa shape index (κ2) is 9.45. The number of aromatic hydroxyl groups is 1. The second-order valence-corrected chi connectivity index (χ2v) is 11.4. The average molecular weight is 588 g/mol. The van der Waals surface area contributed by atoms with Crippen molar-refractivity contribution >= 4 is 39.3 Å². The SMILES string of the molecule is COc1cc(Br)cc(C2C3=CCC4C(=O)N(Cc5ccccc5)C(=O)C4C3CC3=C2C(=O)C=C(C)C3=O)c1O. The van der Waals surface area contributed by atoms with E-state index in [2.05, 4.69) is 15.9 Å². The maximum Gasteiger partial charge on any atom is 0.234 e. The first-order valence-electron chi connectivity index (χ1n) is 12.9. The number of phenols is 1. The van der Waals surface area contributed by atoms with Crippen LogP contribution in [0.4, 0.5) is 0 Å². The summed E-state index contributed by atoms with van der Waals surface area (Å²) < 4.78 is 6.01. The van der Waals surface area contributed by atoms with E-state index >= 15 is 0 Å². The Balaban J connectivity index is 1.49. The Hall–Kier alpha value is -3.78. The standard InChI is InChI=1S/C31H26BrNO6/c1-15-10-23(34)27-22(28(15)35)13-20-18(25(27)21-11-17(32)12-24(39-2)29(21)36)8-9-19-26(20)31(38)33(30(19)37)14-16-6-4-3-5-7-16/h3-8,10-12,19-20,25-26,36H,9,13-14H2,1-2H3. The average Bonchev–Trinajstić information content (AvgIpc) is 3.17. The molecule has 4 atom stereocenters. The number of carbonyl (C=O) groups excluding carboxylic acids is 4. The molecular formula is C31H26BrNO6. The van der Waals surface area contributed by atoms with Crippen molar-refractivity contribution in [3.63, 3.8) is 0 Å². The quantitative estimate of drug-likeness (QED) is 0.313. The van der Waals surface area contributed by atoms with Gasteiger partial charge in [-0.15, -0.1) is 0 Å². The first kappa shape index (κ1) is 25.5. The van der Waals surface area contributed by atoms with Crippen molar-refractivity contribution in [1.82, 2.24) is 4.90 Å². The van der Waals surface area contributed by atoms with Crippen LogP contribution < -0.4 is 4.74 Å². The van der Waals surface area contributed by atoms with Crippen molar-refractivity contribution in [1.29, 1.82) is 0 Å². The first-order valence-corrected chi connectivity index (χ1v) is 13.7. The van der Waals surface area contributed by atoms with Gasteiger partial charge in [0, 0.05) is 32.7 Å². The summed E-state index contributed by atoms with van der Waals surface area (Å²) in [5, 5.41) is 11.2. The molecule has 1 heterocycles. The number of phenolic OH excluding ortho intramolecular Hbond substituents is 1. The maximum atomic E-state index is 13.9. The fourth-order valence-corrected chi connectivity index (χ4v) is 7.15. The highest BCUT2D eigenvalue weighted by Gasteiger charge is 2.56. The van der Waals surface area contributed by atoms with Crippen molar-refractivity contribution in [2.24, 2.45) is 17.8 Å². The van der Waals surface area contributed by atoms with Crippen LogP contribution in [0.1, 0.15) is 36.8 Å². The summed E-state index contributed by atoms with van der Waals surface area (Å²) >= 11 is 3.47. The van der Waals surface area contributed by atoms with Gasteiger partial charge in [-0.25, -0.2) is 0 Å². The van der Waals surface area contributed by atoms with E-state index in [1.54, 1.807) is 19.1 Å². The molecule has 0 saturated carbocycles. The Morgan fingerprint density at radius 2 is 1.79 bits per heavy atom. The molecule has 0 spiro atoms. The van der Waals surface area contributed by atoms with E-state index in [-0.39, 0.29) is 47.8 Å². The highest BCUT2D eigenvalue weighted by molar-refractivity contribution is 9.10. The predicted octanol–water partition coefficient (Wildman–Crippen LogP) is 4.79. The lowest BCUT2D eigenvalue weighted by atomic mass is 9.59. The number of ketones is 2. The zero-order valence-corrected chi connectivity index (χ0v) is 23.0. The molecule has 2 aromatic carbocycles. The third kappa shape index (κ3) is 3.92. The highest BCUT2D eigenvalue weighted by Crippen LogP contribution is 2.57. The van der Waals surface area contributed by atoms with Gasteiger partial charge in [0.15, 0.2) is 23.1 Å². The third-order valence-corrected chi connectivity index (χ3v) is 8.89. The Labute approximate surface area is 234 Å². The molecule has 3 aliphatic carbocycles. The van der Waals surface area contributed by atoms with Gasteiger partial charge in [0.05, 0.1) is 25.5 Å². The number of amides is 2. The Bertz CT molecular complexity index is 1550. The number of hydrogen-bond acceptors (Lipinski definition) is 6. The number of imide groups is 1. The predicted molar refractivity (Wildman–Crippen MR) is 146 cm³/mol. The number of ether oxygens (including phenoxy) is 1. The smallest absolute Gasteiger partial charge is 0.234 e. The van der Waals surface area contributed by atoms with Crippen LogP contribution in [0.15, 0.2) is 81.4 Å². The van der Waals surface area contributed by atoms with E-state index in [0.717, 1.165) is 11.1 Å². The van der Waals surface area contributed by atoms with Crippen LogP contribution in [0.3, 0.4) is 0 Å². The molecule has 4 aliphatic rings. The highest BCUT2D eigenvalue weighted by atomic mass is 79.9. The van der Waals surface area contributed by atoms with Gasteiger partial charge < -0.3 is 9.84 Å². The zero-order valence-electron chi connectivity index (χ0n) is 21.4. The summed E-state index contributed by atoms with van der Waals surface area (Å²) in [4.78, 5) is 55.5. The molecule has 198 valence electrons. The molecule has 8 heteroatoms. The summed E-state index contributed by atoms with van der Waals surface area (Å²) in [5.41, 5.74) is 3.07. The molecule has 4 unspecified atom stereocenters. The number of hydrogen-bond donors (Lipinski definition) is 1. The third-order valence-electron chi connectivity index (χ3n) is 8.44. The number of benzene rings is 2. The number of nitrogens with zero attached hydrogens (tertiary/aromatic N) is 1. The van der Waals surface area contributed by atoms with Crippen LogP contribution in [-0.4, -0.2) is 40.5 Å². The minimum absolute atomic E-state index is 0.132. The lowest BCUT2D eigenvalue weighted by Gasteiger charge is -2.42. The normalized spacial score (nSPS) is 26.2. The molecule has 1 saturated heterocycles. The van der Waals surface area contributed by atoms with Gasteiger partial charge in [-0.3, -0.25) is 24.1 Å². The van der Waals surface area contributed by atoms with Crippen LogP contribution in [0.25, 0.3) is 0 Å². The Morgan fingerprint density at radius 3 is 2.51 bits per heavy atom. The Morgan fingerprint density at radius 1 is 1.05 bits per heavy atom. The molecule has 0 bridgehead atoms. The molecule has 7 nitrogen and oxygen atoms in total. The van der Waals surface area contributed by atoms with E-state index in [1.807, 2.05) is 36.4 Å². The molecular weight excluding hydrogens is 562 g/mol. The molecule has 2 aromatic rings. The minimum atomic E-state index is -0.752. The largest absolute Gasteiger partial charge is 0.504 e. The summed E-state index contributed by atoms with van der Waals surface area (Å²) in [6, 6.07) is 12.7. The van der Waals surface area contributed by atoms with Crippen LogP contribution in [0, 0.1) is 17.8 Å². The fraction of sp³-hybridized carbons (Fsp3) is 0.290. The zero-order chi connectivity index (χ0) is 27.6. The summed E-state index contributed by atoms with van der Waals surface area (Å²) in [5.74, 6) is -3.30. The Kier molecular flexibility index (Phi) is 6.18. The molecule has 0 aromatic heterocycles. The minimum Gasteiger partial charge on any atom is -0.504 e. The number of Topliss-reactive ketones (excluding diaryl/α,β-unsaturated/α-hetero) is 1. The number of halogens is 1. The van der Waals surface area contributed by atoms with E-state index in [1.165, 1.54) is 18.1 Å². The molecule has 6 rings (SSSR count). The number of allylic oxidation sites excluding steroid dienone is 6. The summed E-state index contributed by atoms with van der Waals surface area (Å²) in [6.07, 6.45) is 3.82. The van der Waals surface area contributed by atoms with E-state index in [9.17, 15) is 24.3 Å². The van der Waals surface area contributed by atoms with Crippen LogP contribution in [0.2, 0.25) is 0 Å². The van der Waals surface area contributed by atoms with Crippen molar-refractivity contribution in [3.8, 4) is 11.5 Å². The first-order chi connectivity index (χ1) is 18.7. The van der Waals surface area contributed by atoms with Crippen molar-refractivity contribution in [3.05, 3.63) is 92.5 Å². The number of methoxy groups -OCH3 is 1. The van der Waals surface area contributed by atoms with E-state index in [4.69, 9.17) is 4.74 Å². The van der Waals surface area contributed by atoms with Crippen molar-refractivity contribution in [2.75, 3.05) is 7.11 Å². The molecule has 0 radical (unpaired) electrons. The van der Waals surface area contributed by atoms with Gasteiger partial charge in [-0.05, 0) is 49.5 Å². The lowest BCUT2D eigenvalue weighted by Crippen LogP contribution is -2.39. The molecule has 39 heavy (non-hydrogen) atoms. The molecule has 2 amide bonds. The van der Waals surface area contributed by atoms with Crippen molar-refractivity contribution in [2.45, 2.75) is 32.2 Å².